The van der Waals surface area contributed by atoms with Gasteiger partial charge in [0.15, 0.2) is 0 Å². The third kappa shape index (κ3) is 6.18. The van der Waals surface area contributed by atoms with Crippen LogP contribution in [-0.4, -0.2) is 66.9 Å². The molecule has 1 aliphatic rings. The van der Waals surface area contributed by atoms with Crippen LogP contribution in [0.4, 0.5) is 4.79 Å². The van der Waals surface area contributed by atoms with Crippen LogP contribution >= 0.6 is 12.4 Å². The van der Waals surface area contributed by atoms with E-state index in [0.717, 1.165) is 24.8 Å². The second-order valence-electron chi connectivity index (χ2n) is 6.83. The third-order valence-corrected chi connectivity index (χ3v) is 4.66. The van der Waals surface area contributed by atoms with Crippen molar-refractivity contribution in [1.29, 1.82) is 0 Å². The number of carbonyl (C=O) groups excluding carboxylic acids is 2. The lowest BCUT2D eigenvalue weighted by molar-refractivity contribution is -0.137. The van der Waals surface area contributed by atoms with Crippen molar-refractivity contribution in [3.8, 4) is 0 Å². The summed E-state index contributed by atoms with van der Waals surface area (Å²) in [7, 11) is 3.52. The van der Waals surface area contributed by atoms with Crippen molar-refractivity contribution in [2.45, 2.75) is 25.8 Å². The Bertz CT molecular complexity index is 560. The molecule has 3 amide bonds. The molecule has 26 heavy (non-hydrogen) atoms. The van der Waals surface area contributed by atoms with Gasteiger partial charge in [-0.05, 0) is 31.4 Å². The summed E-state index contributed by atoms with van der Waals surface area (Å²) in [5.41, 5.74) is 6.77. The average molecular weight is 383 g/mol. The van der Waals surface area contributed by atoms with Gasteiger partial charge >= 0.3 is 6.03 Å². The second-order valence-corrected chi connectivity index (χ2v) is 6.83. The predicted molar refractivity (Wildman–Crippen MR) is 106 cm³/mol. The Balaban J connectivity index is 0.00000338. The first kappa shape index (κ1) is 22.3. The van der Waals surface area contributed by atoms with Crippen LogP contribution in [0, 0.1) is 5.92 Å². The summed E-state index contributed by atoms with van der Waals surface area (Å²) in [5.74, 6) is 0.182. The molecule has 0 bridgehead atoms. The molecule has 1 aromatic carbocycles. The number of likely N-dealkylation sites (tertiary alicyclic amines) is 1. The molecule has 0 unspecified atom stereocenters. The summed E-state index contributed by atoms with van der Waals surface area (Å²) in [6.45, 7) is 3.17. The lowest BCUT2D eigenvalue weighted by Crippen LogP contribution is -2.47. The van der Waals surface area contributed by atoms with Crippen LogP contribution in [0.25, 0.3) is 0 Å². The zero-order valence-electron chi connectivity index (χ0n) is 15.8. The second kappa shape index (κ2) is 11.0. The average Bonchev–Trinajstić information content (AvgIpc) is 2.64. The molecule has 2 N–H and O–H groups in total. The van der Waals surface area contributed by atoms with Gasteiger partial charge in [-0.25, -0.2) is 4.79 Å². The monoisotopic (exact) mass is 382 g/mol. The van der Waals surface area contributed by atoms with Crippen LogP contribution in [0.1, 0.15) is 24.8 Å². The van der Waals surface area contributed by atoms with Gasteiger partial charge in [0.05, 0.1) is 0 Å². The topological polar surface area (TPSA) is 69.9 Å². The van der Waals surface area contributed by atoms with Gasteiger partial charge in [0.25, 0.3) is 0 Å². The van der Waals surface area contributed by atoms with E-state index in [2.05, 4.69) is 0 Å². The van der Waals surface area contributed by atoms with Crippen LogP contribution in [0.3, 0.4) is 0 Å². The Labute approximate surface area is 162 Å². The molecule has 1 fully saturated rings. The zero-order chi connectivity index (χ0) is 18.2. The number of rotatable bonds is 6. The molecule has 1 heterocycles. The van der Waals surface area contributed by atoms with Crippen molar-refractivity contribution in [2.24, 2.45) is 11.7 Å². The van der Waals surface area contributed by atoms with E-state index < -0.39 is 0 Å². The van der Waals surface area contributed by atoms with E-state index in [1.165, 1.54) is 0 Å². The molecular formula is C19H31ClN4O2. The van der Waals surface area contributed by atoms with E-state index in [-0.39, 0.29) is 30.3 Å². The van der Waals surface area contributed by atoms with Crippen molar-refractivity contribution in [3.05, 3.63) is 35.9 Å². The molecule has 0 aliphatic carbocycles. The lowest BCUT2D eigenvalue weighted by Gasteiger charge is -2.35. The number of hydrogen-bond donors (Lipinski definition) is 1. The molecule has 1 aliphatic heterocycles. The number of hydrogen-bond acceptors (Lipinski definition) is 3. The highest BCUT2D eigenvalue weighted by Gasteiger charge is 2.30. The molecule has 0 spiro atoms. The molecule has 7 heteroatoms. The fraction of sp³-hybridized carbons (Fsp3) is 0.579. The van der Waals surface area contributed by atoms with Gasteiger partial charge in [-0.1, -0.05) is 30.3 Å². The van der Waals surface area contributed by atoms with Crippen LogP contribution in [-0.2, 0) is 11.3 Å². The third-order valence-electron chi connectivity index (χ3n) is 4.66. The molecule has 0 aromatic heterocycles. The Morgan fingerprint density at radius 3 is 2.31 bits per heavy atom. The maximum absolute atomic E-state index is 13.0. The Morgan fingerprint density at radius 2 is 1.77 bits per heavy atom. The molecule has 1 saturated heterocycles. The first-order valence-corrected chi connectivity index (χ1v) is 9.02. The summed E-state index contributed by atoms with van der Waals surface area (Å²) in [4.78, 5) is 30.4. The summed E-state index contributed by atoms with van der Waals surface area (Å²) < 4.78 is 0. The molecule has 1 aromatic rings. The van der Waals surface area contributed by atoms with Gasteiger partial charge in [0.1, 0.15) is 0 Å². The summed E-state index contributed by atoms with van der Waals surface area (Å²) >= 11 is 0. The first-order chi connectivity index (χ1) is 12.0. The number of urea groups is 1. The van der Waals surface area contributed by atoms with Crippen molar-refractivity contribution in [3.63, 3.8) is 0 Å². The minimum atomic E-state index is -0.00676. The largest absolute Gasteiger partial charge is 0.338 e. The highest BCUT2D eigenvalue weighted by atomic mass is 35.5. The van der Waals surface area contributed by atoms with Gasteiger partial charge in [-0.2, -0.15) is 0 Å². The maximum atomic E-state index is 13.0. The maximum Gasteiger partial charge on any atom is 0.319 e. The summed E-state index contributed by atoms with van der Waals surface area (Å²) in [6.07, 6.45) is 2.26. The fourth-order valence-electron chi connectivity index (χ4n) is 3.21. The van der Waals surface area contributed by atoms with Crippen LogP contribution in [0.15, 0.2) is 30.3 Å². The van der Waals surface area contributed by atoms with Gasteiger partial charge in [-0.15, -0.1) is 12.4 Å². The highest BCUT2D eigenvalue weighted by molar-refractivity contribution is 5.85. The number of nitrogens with two attached hydrogens (primary N) is 1. The number of benzene rings is 1. The normalized spacial score (nSPS) is 14.5. The van der Waals surface area contributed by atoms with E-state index in [4.69, 9.17) is 5.73 Å². The molecule has 0 radical (unpaired) electrons. The van der Waals surface area contributed by atoms with E-state index in [9.17, 15) is 9.59 Å². The van der Waals surface area contributed by atoms with Crippen molar-refractivity contribution < 1.29 is 9.59 Å². The number of amides is 3. The molecule has 2 rings (SSSR count). The molecule has 146 valence electrons. The van der Waals surface area contributed by atoms with Gasteiger partial charge < -0.3 is 20.4 Å². The zero-order valence-corrected chi connectivity index (χ0v) is 16.6. The van der Waals surface area contributed by atoms with E-state index in [1.807, 2.05) is 40.1 Å². The quantitative estimate of drug-likeness (QED) is 0.819. The Morgan fingerprint density at radius 1 is 1.15 bits per heavy atom. The highest BCUT2D eigenvalue weighted by Crippen LogP contribution is 2.21. The Kier molecular flexibility index (Phi) is 9.44. The summed E-state index contributed by atoms with van der Waals surface area (Å²) in [6, 6.07) is 10.1. The van der Waals surface area contributed by atoms with E-state index in [0.29, 0.717) is 32.7 Å². The minimum absolute atomic E-state index is 0. The summed E-state index contributed by atoms with van der Waals surface area (Å²) in [5, 5.41) is 0. The lowest BCUT2D eigenvalue weighted by atomic mass is 9.95. The van der Waals surface area contributed by atoms with E-state index in [1.54, 1.807) is 19.0 Å². The SMILES string of the molecule is CN(C)C(=O)N1CCC(C(=O)N(CCCN)Cc2ccccc2)CC1.Cl. The number of piperidine rings is 1. The fourth-order valence-corrected chi connectivity index (χ4v) is 3.21. The molecule has 6 nitrogen and oxygen atoms in total. The molecular weight excluding hydrogens is 352 g/mol. The van der Waals surface area contributed by atoms with Crippen LogP contribution in [0.5, 0.6) is 0 Å². The minimum Gasteiger partial charge on any atom is -0.338 e. The number of carbonyl (C=O) groups is 2. The van der Waals surface area contributed by atoms with Crippen LogP contribution < -0.4 is 5.73 Å². The Hall–Kier alpha value is -1.79. The van der Waals surface area contributed by atoms with Crippen LogP contribution in [0.2, 0.25) is 0 Å². The number of halogens is 1. The van der Waals surface area contributed by atoms with Gasteiger partial charge in [-0.3, -0.25) is 4.79 Å². The predicted octanol–water partition coefficient (Wildman–Crippen LogP) is 2.18. The van der Waals surface area contributed by atoms with E-state index >= 15 is 0 Å². The molecule has 0 saturated carbocycles. The van der Waals surface area contributed by atoms with Crippen molar-refractivity contribution in [1.82, 2.24) is 14.7 Å². The standard InChI is InChI=1S/C19H30N4O2.ClH/c1-21(2)19(25)22-13-9-17(10-14-22)18(24)23(12-6-11-20)15-16-7-4-3-5-8-16;/h3-5,7-8,17H,6,9-15,20H2,1-2H3;1H. The van der Waals surface area contributed by atoms with Gasteiger partial charge in [0, 0.05) is 46.2 Å². The molecule has 0 atom stereocenters. The first-order valence-electron chi connectivity index (χ1n) is 9.02. The van der Waals surface area contributed by atoms with Crippen molar-refractivity contribution in [2.75, 3.05) is 40.3 Å². The number of nitrogens with zero attached hydrogens (tertiary/aromatic N) is 3. The smallest absolute Gasteiger partial charge is 0.319 e. The van der Waals surface area contributed by atoms with Crippen molar-refractivity contribution >= 4 is 24.3 Å². The van der Waals surface area contributed by atoms with Gasteiger partial charge in [0.2, 0.25) is 5.91 Å².